The van der Waals surface area contributed by atoms with Gasteiger partial charge in [-0.05, 0) is 102 Å². The van der Waals surface area contributed by atoms with Crippen LogP contribution in [0.25, 0.3) is 10.9 Å². The van der Waals surface area contributed by atoms with Crippen molar-refractivity contribution in [1.82, 2.24) is 68.8 Å². The largest absolute Gasteiger partial charge is 0.481 e. The second-order valence-corrected chi connectivity index (χ2v) is 24.8. The number of aliphatic hydroxyl groups excluding tert-OH is 3. The van der Waals surface area contributed by atoms with Crippen LogP contribution in [0.4, 0.5) is 0 Å². The van der Waals surface area contributed by atoms with Crippen molar-refractivity contribution in [3.63, 3.8) is 0 Å². The third-order valence-electron chi connectivity index (χ3n) is 16.1. The zero-order valence-corrected chi connectivity index (χ0v) is 57.8. The molecule has 1 aromatic carbocycles. The average molecular weight is 1450 g/mol. The van der Waals surface area contributed by atoms with Gasteiger partial charge in [-0.3, -0.25) is 71.9 Å². The van der Waals surface area contributed by atoms with Crippen molar-refractivity contribution in [2.45, 2.75) is 210 Å². The van der Waals surface area contributed by atoms with Gasteiger partial charge in [0.25, 0.3) is 0 Å². The molecule has 39 nitrogen and oxygen atoms in total. The van der Waals surface area contributed by atoms with Crippen LogP contribution in [0.3, 0.4) is 0 Å². The molecule has 2 aromatic rings. The zero-order valence-electron chi connectivity index (χ0n) is 57.8. The lowest BCUT2D eigenvalue weighted by Crippen LogP contribution is -2.63. The molecule has 0 unspecified atom stereocenters. The van der Waals surface area contributed by atoms with Crippen LogP contribution < -0.4 is 81.0 Å². The fourth-order valence-electron chi connectivity index (χ4n) is 9.92. The molecule has 0 aliphatic heterocycles. The fourth-order valence-corrected chi connectivity index (χ4v) is 9.92. The summed E-state index contributed by atoms with van der Waals surface area (Å²) in [5.74, 6) is -20.9. The Balaban J connectivity index is 2.39. The second-order valence-electron chi connectivity index (χ2n) is 24.8. The third kappa shape index (κ3) is 29.7. The van der Waals surface area contributed by atoms with Crippen molar-refractivity contribution in [2.75, 3.05) is 26.3 Å². The first kappa shape index (κ1) is 88.1. The highest BCUT2D eigenvalue weighted by Crippen LogP contribution is 2.20. The van der Waals surface area contributed by atoms with Crippen molar-refractivity contribution < 1.29 is 112 Å². The van der Waals surface area contributed by atoms with Crippen LogP contribution in [0.2, 0.25) is 0 Å². The van der Waals surface area contributed by atoms with E-state index in [2.05, 4.69) is 68.8 Å². The molecule has 0 saturated carbocycles. The van der Waals surface area contributed by atoms with Crippen molar-refractivity contribution in [3.8, 4) is 0 Å². The predicted molar refractivity (Wildman–Crippen MR) is 359 cm³/mol. The number of unbranched alkanes of at least 4 members (excludes halogenated alkanes) is 2. The van der Waals surface area contributed by atoms with Gasteiger partial charge in [-0.25, -0.2) is 4.79 Å². The Morgan fingerprint density at radius 1 is 0.441 bits per heavy atom. The zero-order chi connectivity index (χ0) is 77.2. The number of aliphatic carboxylic acids is 4. The predicted octanol–water partition coefficient (Wildman–Crippen LogP) is -6.88. The van der Waals surface area contributed by atoms with Crippen LogP contribution in [0.15, 0.2) is 30.5 Å². The van der Waals surface area contributed by atoms with E-state index in [-0.39, 0.29) is 45.2 Å². The molecule has 0 bridgehead atoms. The molecule has 39 heteroatoms. The van der Waals surface area contributed by atoms with E-state index in [1.165, 1.54) is 27.0 Å². The number of carboxylic acids is 4. The Kier molecular flexibility index (Phi) is 38.3. The number of carbonyl (C=O) groups excluding carboxylic acids is 12. The Hall–Kier alpha value is -9.96. The molecule has 0 spiro atoms. The molecule has 0 aliphatic rings. The molecule has 0 fully saturated rings. The highest BCUT2D eigenvalue weighted by atomic mass is 16.4. The normalized spacial score (nSPS) is 15.6. The highest BCUT2D eigenvalue weighted by Gasteiger charge is 2.39. The first-order chi connectivity index (χ1) is 47.9. The van der Waals surface area contributed by atoms with E-state index in [1.807, 2.05) is 0 Å². The van der Waals surface area contributed by atoms with E-state index in [9.17, 15) is 107 Å². The summed E-state index contributed by atoms with van der Waals surface area (Å²) in [4.78, 5) is 215. The van der Waals surface area contributed by atoms with Crippen molar-refractivity contribution >= 4 is 106 Å². The van der Waals surface area contributed by atoms with Gasteiger partial charge < -0.3 is 122 Å². The van der Waals surface area contributed by atoms with Gasteiger partial charge in [0.05, 0.1) is 38.2 Å². The fraction of sp³-hybridized carbons (Fsp3) is 0.619. The molecule has 570 valence electrons. The average Bonchev–Trinajstić information content (AvgIpc) is 1.75. The number of H-pyrrole nitrogens is 1. The minimum absolute atomic E-state index is 0.00500. The Labute approximate surface area is 586 Å². The first-order valence-electron chi connectivity index (χ1n) is 33.1. The number of benzene rings is 1. The van der Waals surface area contributed by atoms with E-state index in [1.54, 1.807) is 31.2 Å². The summed E-state index contributed by atoms with van der Waals surface area (Å²) in [5, 5.41) is 97.7. The third-order valence-corrected chi connectivity index (χ3v) is 16.1. The summed E-state index contributed by atoms with van der Waals surface area (Å²) >= 11 is 0. The lowest BCUT2D eigenvalue weighted by atomic mass is 9.97. The number of hydrogen-bond acceptors (Lipinski definition) is 22. The number of fused-ring (bicyclic) bond motifs is 1. The summed E-state index contributed by atoms with van der Waals surface area (Å²) < 4.78 is 0. The molecule has 0 aliphatic carbocycles. The number of nitrogens with one attached hydrogen (secondary N) is 13. The molecule has 0 radical (unpaired) electrons. The number of amides is 12. The number of nitrogens with two attached hydrogens (primary N) is 3. The molecular formula is C63H100N16O23. The number of rotatable bonds is 48. The molecule has 0 saturated heterocycles. The van der Waals surface area contributed by atoms with Gasteiger partial charge in [-0.15, -0.1) is 0 Å². The van der Waals surface area contributed by atoms with E-state index in [4.69, 9.17) is 22.3 Å². The Morgan fingerprint density at radius 3 is 1.36 bits per heavy atom. The van der Waals surface area contributed by atoms with Gasteiger partial charge in [-0.2, -0.15) is 0 Å². The number of carboxylic acid groups (broad SMARTS) is 4. The number of aliphatic hydroxyl groups is 3. The molecule has 12 amide bonds. The van der Waals surface area contributed by atoms with Crippen molar-refractivity contribution in [1.29, 1.82) is 0 Å². The van der Waals surface area contributed by atoms with E-state index in [0.29, 0.717) is 35.7 Å². The van der Waals surface area contributed by atoms with Crippen LogP contribution in [0.1, 0.15) is 125 Å². The summed E-state index contributed by atoms with van der Waals surface area (Å²) in [5.41, 5.74) is 17.7. The topological polar surface area (TPSA) is 653 Å². The van der Waals surface area contributed by atoms with Crippen LogP contribution >= 0.6 is 0 Å². The van der Waals surface area contributed by atoms with Crippen LogP contribution in [-0.4, -0.2) is 246 Å². The Morgan fingerprint density at radius 2 is 0.853 bits per heavy atom. The second kappa shape index (κ2) is 44.3. The molecule has 1 aromatic heterocycles. The first-order valence-corrected chi connectivity index (χ1v) is 33.1. The van der Waals surface area contributed by atoms with E-state index in [0.717, 1.165) is 20.8 Å². The number of carbonyl (C=O) groups is 16. The van der Waals surface area contributed by atoms with Gasteiger partial charge >= 0.3 is 23.9 Å². The van der Waals surface area contributed by atoms with Crippen LogP contribution in [0.5, 0.6) is 0 Å². The summed E-state index contributed by atoms with van der Waals surface area (Å²) in [6, 6.07) is -14.9. The van der Waals surface area contributed by atoms with Crippen molar-refractivity contribution in [3.05, 3.63) is 36.0 Å². The van der Waals surface area contributed by atoms with E-state index < -0.39 is 230 Å². The molecular weight excluding hydrogens is 1350 g/mol. The van der Waals surface area contributed by atoms with Crippen LogP contribution in [0, 0.1) is 11.8 Å². The van der Waals surface area contributed by atoms with Gasteiger partial charge in [0.2, 0.25) is 70.9 Å². The molecule has 2 rings (SSSR count). The Bertz CT molecular complexity index is 3240. The number of aromatic nitrogens is 1. The lowest BCUT2D eigenvalue weighted by Gasteiger charge is -2.29. The summed E-state index contributed by atoms with van der Waals surface area (Å²) in [7, 11) is 0. The maximum atomic E-state index is 14.6. The smallest absolute Gasteiger partial charge is 0.326 e. The SMILES string of the molecule is CC[C@H](C)[C@H](NC(=O)[C@H](CO)NC(=O)[C@@H](N)CC(=O)O)C(=O)N[C@@H](CO)C(=O)N[C@@H](CCC(=O)O)C(=O)N[C@@H](Cc1c[nH]c2ccccc12)C(=O)N[C@H](C(=O)N[C@H](C(=O)N[C@@H](C)C(=O)N[C@@H](C)C(=O)N[C@@H](CC(=O)O)C(=O)N[C@@H](CCCCN)C(=O)N[C@@H](CCCCN)C(=O)O)[C@@H](C)O)C(C)C. The maximum absolute atomic E-state index is 14.6. The molecule has 102 heavy (non-hydrogen) atoms. The van der Waals surface area contributed by atoms with E-state index >= 15 is 0 Å². The summed E-state index contributed by atoms with van der Waals surface area (Å²) in [6.45, 7) is 7.70. The van der Waals surface area contributed by atoms with Crippen molar-refractivity contribution in [2.24, 2.45) is 29.0 Å². The summed E-state index contributed by atoms with van der Waals surface area (Å²) in [6.07, 6.45) is -2.30. The number of para-hydroxylation sites is 1. The van der Waals surface area contributed by atoms with Gasteiger partial charge in [-0.1, -0.05) is 52.3 Å². The minimum atomic E-state index is -1.92. The van der Waals surface area contributed by atoms with Gasteiger partial charge in [0.15, 0.2) is 0 Å². The minimum Gasteiger partial charge on any atom is -0.481 e. The molecule has 15 atom stereocenters. The molecule has 1 heterocycles. The highest BCUT2D eigenvalue weighted by molar-refractivity contribution is 6.01. The van der Waals surface area contributed by atoms with Gasteiger partial charge in [0.1, 0.15) is 72.5 Å². The molecule has 26 N–H and O–H groups in total. The maximum Gasteiger partial charge on any atom is 0.326 e. The number of hydrogen-bond donors (Lipinski definition) is 23. The standard InChI is InChI=1S/C63H100N16O23/c1-8-30(4)49(78-59(97)44(28-81)75-53(91)36(66)24-46(85)86)61(99)76-43(27-80)58(96)71-39(19-20-45(83)84)55(93)74-41(23-34-26-67-37-16-10-9-15-35(34)37)57(95)77-48(29(2)3)60(98)79-50(33(7)82)62(100)69-31(5)51(89)68-32(6)52(90)73-42(25-47(87)88)56(94)70-38(17-11-13-21-64)54(92)72-40(63(101)102)18-12-14-22-65/h9-10,15-16,26,29-33,36,38-44,48-50,67,80-82H,8,11-14,17-25,27-28,64-66H2,1-7H3,(H,68,89)(H,69,100)(H,70,94)(H,71,96)(H,72,92)(H,73,90)(H,74,93)(H,75,91)(H,76,99)(H,77,95)(H,78,97)(H,79,98)(H,83,84)(H,85,86)(H,87,88)(H,101,102)/t30-,31-,32-,33+,36-,38-,39-,40-,41-,42-,43-,44-,48-,49-,50-/m0/s1. The van der Waals surface area contributed by atoms with Crippen LogP contribution in [-0.2, 0) is 83.1 Å². The quantitative estimate of drug-likeness (QED) is 0.0274. The number of aromatic amines is 1. The monoisotopic (exact) mass is 1450 g/mol. The lowest BCUT2D eigenvalue weighted by molar-refractivity contribution is -0.143. The van der Waals surface area contributed by atoms with Gasteiger partial charge in [0, 0.05) is 29.9 Å².